The van der Waals surface area contributed by atoms with E-state index in [2.05, 4.69) is 30.1 Å². The molecule has 1 N–H and O–H groups in total. The molecule has 20 heavy (non-hydrogen) atoms. The third-order valence-corrected chi connectivity index (χ3v) is 3.84. The fourth-order valence-corrected chi connectivity index (χ4v) is 2.75. The lowest BCUT2D eigenvalue weighted by Gasteiger charge is -2.35. The highest BCUT2D eigenvalue weighted by atomic mass is 19.1. The Morgan fingerprint density at radius 2 is 2.25 bits per heavy atom. The van der Waals surface area contributed by atoms with E-state index in [1.54, 1.807) is 6.07 Å². The first-order valence-electron chi connectivity index (χ1n) is 7.31. The average molecular weight is 275 g/mol. The number of nitrogens with one attached hydrogen (secondary N) is 1. The van der Waals surface area contributed by atoms with Crippen molar-refractivity contribution in [2.45, 2.75) is 45.2 Å². The van der Waals surface area contributed by atoms with Crippen LogP contribution in [0.2, 0.25) is 0 Å². The van der Waals surface area contributed by atoms with Gasteiger partial charge in [-0.1, -0.05) is 6.42 Å². The highest BCUT2D eigenvalue weighted by molar-refractivity contribution is 5.60. The molecule has 1 aromatic carbocycles. The van der Waals surface area contributed by atoms with Crippen LogP contribution in [0.25, 0.3) is 0 Å². The van der Waals surface area contributed by atoms with Crippen molar-refractivity contribution in [1.29, 1.82) is 5.26 Å². The Bertz CT molecular complexity index is 487. The maximum absolute atomic E-state index is 13.3. The fraction of sp³-hybridized carbons (Fsp3) is 0.562. The van der Waals surface area contributed by atoms with Crippen LogP contribution >= 0.6 is 0 Å². The minimum Gasteiger partial charge on any atom is -0.366 e. The number of nitriles is 1. The predicted octanol–water partition coefficient (Wildman–Crippen LogP) is 3.05. The van der Waals surface area contributed by atoms with Gasteiger partial charge < -0.3 is 10.2 Å². The van der Waals surface area contributed by atoms with E-state index in [1.807, 2.05) is 0 Å². The second kappa shape index (κ2) is 6.71. The van der Waals surface area contributed by atoms with E-state index in [1.165, 1.54) is 25.0 Å². The third kappa shape index (κ3) is 3.49. The molecule has 4 heteroatoms. The van der Waals surface area contributed by atoms with E-state index < -0.39 is 0 Å². The lowest BCUT2D eigenvalue weighted by Crippen LogP contribution is -2.46. The van der Waals surface area contributed by atoms with Crippen molar-refractivity contribution in [1.82, 2.24) is 5.32 Å². The van der Waals surface area contributed by atoms with Crippen LogP contribution in [0.5, 0.6) is 0 Å². The molecule has 0 aliphatic carbocycles. The van der Waals surface area contributed by atoms with Gasteiger partial charge in [0.2, 0.25) is 0 Å². The fourth-order valence-electron chi connectivity index (χ4n) is 2.75. The summed E-state index contributed by atoms with van der Waals surface area (Å²) < 4.78 is 13.3. The molecular weight excluding hydrogens is 253 g/mol. The Balaban J connectivity index is 2.22. The van der Waals surface area contributed by atoms with Gasteiger partial charge in [0.05, 0.1) is 11.3 Å². The molecule has 1 fully saturated rings. The van der Waals surface area contributed by atoms with Gasteiger partial charge in [0.1, 0.15) is 11.9 Å². The molecule has 1 aromatic rings. The summed E-state index contributed by atoms with van der Waals surface area (Å²) in [6.07, 6.45) is 3.64. The summed E-state index contributed by atoms with van der Waals surface area (Å²) in [4.78, 5) is 2.20. The average Bonchev–Trinajstić information content (AvgIpc) is 2.46. The Hall–Kier alpha value is -1.60. The largest absolute Gasteiger partial charge is 0.366 e. The van der Waals surface area contributed by atoms with E-state index in [0.29, 0.717) is 11.6 Å². The Morgan fingerprint density at radius 3 is 2.85 bits per heavy atom. The minimum atomic E-state index is -0.357. The van der Waals surface area contributed by atoms with Crippen LogP contribution in [0.3, 0.4) is 0 Å². The number of piperidine rings is 1. The Morgan fingerprint density at radius 1 is 1.45 bits per heavy atom. The molecule has 0 saturated carbocycles. The minimum absolute atomic E-state index is 0.274. The van der Waals surface area contributed by atoms with Crippen molar-refractivity contribution in [3.05, 3.63) is 29.6 Å². The van der Waals surface area contributed by atoms with Crippen molar-refractivity contribution >= 4 is 5.69 Å². The predicted molar refractivity (Wildman–Crippen MR) is 79.2 cm³/mol. The van der Waals surface area contributed by atoms with Gasteiger partial charge in [-0.3, -0.25) is 0 Å². The molecule has 2 rings (SSSR count). The lowest BCUT2D eigenvalue weighted by molar-refractivity contribution is 0.393. The zero-order chi connectivity index (χ0) is 14.5. The van der Waals surface area contributed by atoms with Gasteiger partial charge in [-0.05, 0) is 51.4 Å². The second-order valence-electron chi connectivity index (χ2n) is 5.67. The van der Waals surface area contributed by atoms with Crippen LogP contribution in [0.15, 0.2) is 18.2 Å². The highest BCUT2D eigenvalue weighted by Gasteiger charge is 2.21. The first-order chi connectivity index (χ1) is 9.61. The van der Waals surface area contributed by atoms with Gasteiger partial charge in [0.15, 0.2) is 0 Å². The zero-order valence-electron chi connectivity index (χ0n) is 12.2. The number of halogens is 1. The number of rotatable bonds is 4. The molecule has 0 bridgehead atoms. The monoisotopic (exact) mass is 275 g/mol. The van der Waals surface area contributed by atoms with Gasteiger partial charge in [-0.2, -0.15) is 5.26 Å². The summed E-state index contributed by atoms with van der Waals surface area (Å²) in [5.41, 5.74) is 1.24. The van der Waals surface area contributed by atoms with Gasteiger partial charge in [0, 0.05) is 18.6 Å². The second-order valence-corrected chi connectivity index (χ2v) is 5.67. The summed E-state index contributed by atoms with van der Waals surface area (Å²) >= 11 is 0. The van der Waals surface area contributed by atoms with E-state index >= 15 is 0 Å². The molecule has 1 unspecified atom stereocenters. The maximum atomic E-state index is 13.3. The van der Waals surface area contributed by atoms with Gasteiger partial charge in [0.25, 0.3) is 0 Å². The topological polar surface area (TPSA) is 39.1 Å². The van der Waals surface area contributed by atoms with Crippen LogP contribution < -0.4 is 10.2 Å². The highest BCUT2D eigenvalue weighted by Crippen LogP contribution is 2.24. The molecule has 1 saturated heterocycles. The van der Waals surface area contributed by atoms with E-state index in [9.17, 15) is 9.65 Å². The number of hydrogen-bond donors (Lipinski definition) is 1. The molecule has 3 nitrogen and oxygen atoms in total. The van der Waals surface area contributed by atoms with Crippen LogP contribution in [0, 0.1) is 17.1 Å². The molecule has 0 aromatic heterocycles. The van der Waals surface area contributed by atoms with Crippen LogP contribution in [0.4, 0.5) is 10.1 Å². The van der Waals surface area contributed by atoms with Crippen molar-refractivity contribution < 1.29 is 4.39 Å². The molecule has 1 aliphatic rings. The van der Waals surface area contributed by atoms with Crippen LogP contribution in [-0.4, -0.2) is 25.2 Å². The van der Waals surface area contributed by atoms with Gasteiger partial charge in [-0.25, -0.2) is 4.39 Å². The Kier molecular flexibility index (Phi) is 4.97. The molecule has 0 amide bonds. The quantitative estimate of drug-likeness (QED) is 0.918. The molecule has 0 radical (unpaired) electrons. The maximum Gasteiger partial charge on any atom is 0.124 e. The first kappa shape index (κ1) is 14.8. The Labute approximate surface area is 120 Å². The summed E-state index contributed by atoms with van der Waals surface area (Å²) in [6, 6.07) is 7.30. The third-order valence-electron chi connectivity index (χ3n) is 3.84. The van der Waals surface area contributed by atoms with Crippen LogP contribution in [0.1, 0.15) is 38.7 Å². The van der Waals surface area contributed by atoms with E-state index in [0.717, 1.165) is 25.2 Å². The molecule has 1 atom stereocenters. The molecular formula is C16H22FN3. The summed E-state index contributed by atoms with van der Waals surface area (Å²) in [5.74, 6) is -0.357. The summed E-state index contributed by atoms with van der Waals surface area (Å²) in [7, 11) is 0. The lowest BCUT2D eigenvalue weighted by atomic mass is 10.0. The van der Waals surface area contributed by atoms with Crippen molar-refractivity contribution in [2.24, 2.45) is 0 Å². The first-order valence-corrected chi connectivity index (χ1v) is 7.31. The van der Waals surface area contributed by atoms with Crippen molar-refractivity contribution in [3.63, 3.8) is 0 Å². The number of benzene rings is 1. The van der Waals surface area contributed by atoms with Crippen molar-refractivity contribution in [3.8, 4) is 6.07 Å². The molecule has 0 spiro atoms. The normalized spacial score (nSPS) is 18.9. The van der Waals surface area contributed by atoms with Gasteiger partial charge in [-0.15, -0.1) is 0 Å². The summed E-state index contributed by atoms with van der Waals surface area (Å²) in [6.45, 7) is 6.13. The van der Waals surface area contributed by atoms with Crippen LogP contribution in [-0.2, 0) is 0 Å². The van der Waals surface area contributed by atoms with Gasteiger partial charge >= 0.3 is 0 Å². The zero-order valence-corrected chi connectivity index (χ0v) is 12.2. The standard InChI is InChI=1S/C16H22FN3/c1-12(2)20(11-15-5-3-4-8-19-15)16-7-6-14(17)9-13(16)10-18/h6-7,9,12,15,19H,3-5,8,11H2,1-2H3. The summed E-state index contributed by atoms with van der Waals surface area (Å²) in [5, 5.41) is 12.7. The number of anilines is 1. The van der Waals surface area contributed by atoms with E-state index in [-0.39, 0.29) is 11.9 Å². The number of hydrogen-bond acceptors (Lipinski definition) is 3. The smallest absolute Gasteiger partial charge is 0.124 e. The SMILES string of the molecule is CC(C)N(CC1CCCCN1)c1ccc(F)cc1C#N. The number of nitrogens with zero attached hydrogens (tertiary/aromatic N) is 2. The van der Waals surface area contributed by atoms with Crippen molar-refractivity contribution in [2.75, 3.05) is 18.0 Å². The molecule has 1 aliphatic heterocycles. The van der Waals surface area contributed by atoms with E-state index in [4.69, 9.17) is 0 Å². The molecule has 1 heterocycles. The molecule has 108 valence electrons.